The van der Waals surface area contributed by atoms with Gasteiger partial charge in [-0.1, -0.05) is 30.3 Å². The molecule has 2 unspecified atom stereocenters. The Balaban J connectivity index is 1.47. The van der Waals surface area contributed by atoms with Gasteiger partial charge in [0.2, 0.25) is 5.60 Å². The number of benzene rings is 2. The van der Waals surface area contributed by atoms with Crippen LogP contribution in [-0.2, 0) is 22.4 Å². The van der Waals surface area contributed by atoms with E-state index < -0.39 is 47.4 Å². The Hall–Kier alpha value is -4.65. The molecule has 0 bridgehead atoms. The first kappa shape index (κ1) is 35.7. The Morgan fingerprint density at radius 1 is 1.02 bits per heavy atom. The van der Waals surface area contributed by atoms with Gasteiger partial charge in [0.15, 0.2) is 0 Å². The molecule has 2 aliphatic rings. The maximum Gasteiger partial charge on any atom is 0.417 e. The zero-order valence-electron chi connectivity index (χ0n) is 27.3. The number of pyridine rings is 1. The third-order valence-electron chi connectivity index (χ3n) is 8.93. The minimum absolute atomic E-state index is 0.0633. The van der Waals surface area contributed by atoms with Crippen molar-refractivity contribution in [3.05, 3.63) is 96.3 Å². The van der Waals surface area contributed by atoms with E-state index in [0.717, 1.165) is 24.1 Å². The lowest BCUT2D eigenvalue weighted by molar-refractivity contribution is -0.159. The molecule has 0 N–H and O–H groups in total. The van der Waals surface area contributed by atoms with E-state index >= 15 is 0 Å². The second-order valence-corrected chi connectivity index (χ2v) is 11.9. The highest BCUT2D eigenvalue weighted by Gasteiger charge is 2.55. The first-order valence-corrected chi connectivity index (χ1v) is 16.1. The summed E-state index contributed by atoms with van der Waals surface area (Å²) in [6, 6.07) is 13.6. The molecule has 2 atom stereocenters. The Bertz CT molecular complexity index is 1600. The van der Waals surface area contributed by atoms with Gasteiger partial charge in [0.25, 0.3) is 11.8 Å². The number of ether oxygens (including phenoxy) is 3. The second-order valence-electron chi connectivity index (χ2n) is 11.9. The molecule has 3 aromatic rings. The largest absolute Gasteiger partial charge is 0.489 e. The number of likely N-dealkylation sites (tertiary alicyclic amines) is 1. The fourth-order valence-electron chi connectivity index (χ4n) is 6.53. The highest BCUT2D eigenvalue weighted by molar-refractivity contribution is 5.97. The lowest BCUT2D eigenvalue weighted by Gasteiger charge is -2.50. The van der Waals surface area contributed by atoms with Gasteiger partial charge in [-0.3, -0.25) is 14.6 Å². The smallest absolute Gasteiger partial charge is 0.417 e. The minimum Gasteiger partial charge on any atom is -0.489 e. The first-order chi connectivity index (χ1) is 23.6. The number of amides is 2. The summed E-state index contributed by atoms with van der Waals surface area (Å²) in [6.45, 7) is 5.62. The molecular weight excluding hydrogens is 644 g/mol. The third kappa shape index (κ3) is 7.82. The van der Waals surface area contributed by atoms with E-state index in [1.54, 1.807) is 24.1 Å². The number of hydrogen-bond acceptors (Lipinski definition) is 7. The molecular formula is C36H40F4N4O5. The summed E-state index contributed by atoms with van der Waals surface area (Å²) in [5, 5.41) is 0. The molecule has 2 saturated heterocycles. The highest BCUT2D eigenvalue weighted by Crippen LogP contribution is 2.40. The van der Waals surface area contributed by atoms with E-state index in [-0.39, 0.29) is 31.6 Å². The predicted octanol–water partition coefficient (Wildman–Crippen LogP) is 5.94. The molecule has 0 aliphatic carbocycles. The molecule has 9 nitrogen and oxygen atoms in total. The van der Waals surface area contributed by atoms with Gasteiger partial charge >= 0.3 is 6.18 Å². The van der Waals surface area contributed by atoms with Gasteiger partial charge in [-0.05, 0) is 48.7 Å². The van der Waals surface area contributed by atoms with Crippen LogP contribution in [0.2, 0.25) is 0 Å². The van der Waals surface area contributed by atoms with Gasteiger partial charge in [-0.25, -0.2) is 4.39 Å². The number of anilines is 1. The van der Waals surface area contributed by atoms with E-state index in [0.29, 0.717) is 50.7 Å². The molecule has 3 heterocycles. The van der Waals surface area contributed by atoms with Crippen LogP contribution in [-0.4, -0.2) is 91.3 Å². The molecule has 2 amide bonds. The van der Waals surface area contributed by atoms with Crippen LogP contribution in [0, 0.1) is 0 Å². The van der Waals surface area contributed by atoms with Crippen LogP contribution in [0.5, 0.6) is 11.5 Å². The van der Waals surface area contributed by atoms with Crippen LogP contribution >= 0.6 is 0 Å². The lowest BCUT2D eigenvalue weighted by Crippen LogP contribution is -2.69. The Morgan fingerprint density at radius 3 is 2.43 bits per heavy atom. The number of aromatic nitrogens is 1. The quantitative estimate of drug-likeness (QED) is 0.133. The molecule has 2 aliphatic heterocycles. The van der Waals surface area contributed by atoms with Crippen molar-refractivity contribution >= 4 is 17.5 Å². The number of para-hydroxylation sites is 2. The molecule has 0 radical (unpaired) electrons. The van der Waals surface area contributed by atoms with Crippen molar-refractivity contribution in [2.45, 2.75) is 43.8 Å². The minimum atomic E-state index is -4.80. The molecule has 49 heavy (non-hydrogen) atoms. The maximum absolute atomic E-state index is 14.8. The number of rotatable bonds is 12. The van der Waals surface area contributed by atoms with Gasteiger partial charge in [0.1, 0.15) is 24.8 Å². The van der Waals surface area contributed by atoms with Gasteiger partial charge < -0.3 is 28.9 Å². The zero-order chi connectivity index (χ0) is 35.0. The highest BCUT2D eigenvalue weighted by atomic mass is 19.4. The van der Waals surface area contributed by atoms with E-state index in [1.165, 1.54) is 23.1 Å². The van der Waals surface area contributed by atoms with Crippen molar-refractivity contribution in [1.82, 2.24) is 14.8 Å². The van der Waals surface area contributed by atoms with E-state index in [4.69, 9.17) is 14.2 Å². The van der Waals surface area contributed by atoms with E-state index in [9.17, 15) is 27.2 Å². The number of carbonyl (C=O) groups excluding carboxylic acids is 2. The SMILES string of the molecule is C=CCC1N(C(=O)c2cnccc2C(F)(F)F)CCCC1(Oc1ccc(CF)cc1)C(=O)N1CCN(c2ccccc2OCCOC)CC1. The molecule has 1 aromatic heterocycles. The topological polar surface area (TPSA) is 84.4 Å². The van der Waals surface area contributed by atoms with E-state index in [2.05, 4.69) is 16.5 Å². The maximum atomic E-state index is 14.8. The first-order valence-electron chi connectivity index (χ1n) is 16.1. The van der Waals surface area contributed by atoms with Crippen LogP contribution in [0.1, 0.15) is 40.7 Å². The van der Waals surface area contributed by atoms with Crippen LogP contribution in [0.15, 0.2) is 79.6 Å². The van der Waals surface area contributed by atoms with E-state index in [1.807, 2.05) is 24.3 Å². The summed E-state index contributed by atoms with van der Waals surface area (Å²) < 4.78 is 73.0. The average Bonchev–Trinajstić information content (AvgIpc) is 3.12. The van der Waals surface area contributed by atoms with Crippen LogP contribution < -0.4 is 14.4 Å². The molecule has 0 saturated carbocycles. The molecule has 262 valence electrons. The summed E-state index contributed by atoms with van der Waals surface area (Å²) in [4.78, 5) is 37.7. The fourth-order valence-corrected chi connectivity index (χ4v) is 6.53. The summed E-state index contributed by atoms with van der Waals surface area (Å²) >= 11 is 0. The molecule has 13 heteroatoms. The van der Waals surface area contributed by atoms with Gasteiger partial charge in [-0.2, -0.15) is 13.2 Å². The van der Waals surface area contributed by atoms with Crippen LogP contribution in [0.25, 0.3) is 0 Å². The monoisotopic (exact) mass is 684 g/mol. The number of nitrogens with zero attached hydrogens (tertiary/aromatic N) is 4. The lowest BCUT2D eigenvalue weighted by atomic mass is 9.80. The number of carbonyl (C=O) groups is 2. The van der Waals surface area contributed by atoms with Gasteiger partial charge in [0.05, 0.1) is 29.5 Å². The van der Waals surface area contributed by atoms with Crippen molar-refractivity contribution in [3.63, 3.8) is 0 Å². The van der Waals surface area contributed by atoms with Crippen LogP contribution in [0.3, 0.4) is 0 Å². The number of piperazine rings is 1. The standard InChI is InChI=1S/C36H40F4N4O5/c1-3-7-32-35(49-27-12-10-26(24-37)11-13-27,15-6-17-44(32)33(45)28-25-41-16-14-29(28)36(38,39)40)34(46)43-20-18-42(19-21-43)30-8-4-5-9-31(30)48-23-22-47-2/h3-5,8-14,16,25,32H,1,6-7,15,17-24H2,2H3. The average molecular weight is 685 g/mol. The van der Waals surface area contributed by atoms with Crippen LogP contribution in [0.4, 0.5) is 23.2 Å². The summed E-state index contributed by atoms with van der Waals surface area (Å²) in [5.41, 5.74) is -2.11. The van der Waals surface area contributed by atoms with Gasteiger partial charge in [-0.15, -0.1) is 6.58 Å². The third-order valence-corrected chi connectivity index (χ3v) is 8.93. The van der Waals surface area contributed by atoms with Crippen molar-refractivity contribution in [3.8, 4) is 11.5 Å². The number of alkyl halides is 4. The normalized spacial score (nSPS) is 19.8. The number of piperidine rings is 1. The predicted molar refractivity (Wildman–Crippen MR) is 175 cm³/mol. The van der Waals surface area contributed by atoms with Crippen molar-refractivity contribution < 1.29 is 41.4 Å². The fraction of sp³-hybridized carbons (Fsp3) is 0.417. The Kier molecular flexibility index (Phi) is 11.4. The summed E-state index contributed by atoms with van der Waals surface area (Å²) in [5.74, 6) is -0.336. The molecule has 5 rings (SSSR count). The zero-order valence-corrected chi connectivity index (χ0v) is 27.3. The van der Waals surface area contributed by atoms with Gasteiger partial charge in [0, 0.05) is 58.6 Å². The van der Waals surface area contributed by atoms with Crippen molar-refractivity contribution in [2.75, 3.05) is 57.9 Å². The second kappa shape index (κ2) is 15.7. The van der Waals surface area contributed by atoms with Crippen molar-refractivity contribution in [1.29, 1.82) is 0 Å². The molecule has 0 spiro atoms. The number of halogens is 4. The molecule has 2 aromatic carbocycles. The Morgan fingerprint density at radius 2 is 1.76 bits per heavy atom. The van der Waals surface area contributed by atoms with Crippen molar-refractivity contribution in [2.24, 2.45) is 0 Å². The Labute approximate surface area is 283 Å². The molecule has 2 fully saturated rings. The summed E-state index contributed by atoms with van der Waals surface area (Å²) in [7, 11) is 1.60. The number of methoxy groups -OCH3 is 1. The number of hydrogen-bond donors (Lipinski definition) is 0. The summed E-state index contributed by atoms with van der Waals surface area (Å²) in [6.07, 6.45) is -0.851.